The molecule has 6 heteroatoms. The summed E-state index contributed by atoms with van der Waals surface area (Å²) in [5.74, 6) is 2.33. The number of aliphatic imine (C=N–C) groups is 1. The first-order valence-electron chi connectivity index (χ1n) is 9.66. The van der Waals surface area contributed by atoms with Crippen molar-refractivity contribution < 1.29 is 8.91 Å². The molecule has 1 radical (unpaired) electrons. The molecule has 1 fully saturated rings. The summed E-state index contributed by atoms with van der Waals surface area (Å²) in [4.78, 5) is 6.35. The molecular weight excluding hydrogens is 385 g/mol. The molecule has 0 saturated carbocycles. The zero-order chi connectivity index (χ0) is 20.3. The number of hydrogen-bond acceptors (Lipinski definition) is 4. The van der Waals surface area contributed by atoms with E-state index in [0.29, 0.717) is 17.1 Å². The molecule has 0 spiro atoms. The Bertz CT molecular complexity index is 994. The van der Waals surface area contributed by atoms with Crippen molar-refractivity contribution in [2.75, 3.05) is 24.6 Å². The van der Waals surface area contributed by atoms with Gasteiger partial charge in [0.1, 0.15) is 5.82 Å². The molecule has 0 aliphatic carbocycles. The molecule has 0 atom stereocenters. The zero-order valence-electron chi connectivity index (χ0n) is 16.6. The smallest absolute Gasteiger partial charge is 0.252 e. The van der Waals surface area contributed by atoms with Gasteiger partial charge in [-0.25, -0.2) is 4.39 Å². The fourth-order valence-corrected chi connectivity index (χ4v) is 4.20. The van der Waals surface area contributed by atoms with Crippen molar-refractivity contribution >= 4 is 24.0 Å². The van der Waals surface area contributed by atoms with Crippen LogP contribution in [0, 0.1) is 5.82 Å². The predicted octanol–water partition coefficient (Wildman–Crippen LogP) is 5.39. The molecule has 3 aromatic rings. The fraction of sp³-hybridized carbons (Fsp3) is 0.304. The molecule has 0 N–H and O–H groups in total. The molecule has 0 bridgehead atoms. The van der Waals surface area contributed by atoms with Crippen LogP contribution in [0.15, 0.2) is 64.1 Å². The first-order chi connectivity index (χ1) is 14.0. The van der Waals surface area contributed by atoms with Gasteiger partial charge in [-0.1, -0.05) is 61.5 Å². The molecule has 0 amide bonds. The van der Waals surface area contributed by atoms with Gasteiger partial charge < -0.3 is 9.42 Å². The molecular formula is C23H23FN3OS. The highest BCUT2D eigenvalue weighted by Crippen LogP contribution is 2.35. The van der Waals surface area contributed by atoms with Crippen LogP contribution in [0.5, 0.6) is 0 Å². The highest BCUT2D eigenvalue weighted by atomic mass is 32.2. The highest BCUT2D eigenvalue weighted by Gasteiger charge is 2.28. The standard InChI is InChI=1S/C23H23FN3OS/c1-23(2,18-8-9-19(20(24)14-18)17-6-4-3-5-7-17)21-15-22(28-26-21)25-16-27-10-12-29-13-11-27/h3-9,14-15H,10-13H2,1-2H3. The number of aromatic nitrogens is 1. The van der Waals surface area contributed by atoms with Gasteiger partial charge in [0.2, 0.25) is 0 Å². The molecule has 4 nitrogen and oxygen atoms in total. The minimum Gasteiger partial charge on any atom is -0.352 e. The summed E-state index contributed by atoms with van der Waals surface area (Å²) >= 11 is 1.94. The van der Waals surface area contributed by atoms with Crippen molar-refractivity contribution in [1.29, 1.82) is 0 Å². The number of halogens is 1. The number of nitrogens with zero attached hydrogens (tertiary/aromatic N) is 3. The number of rotatable bonds is 5. The molecule has 1 aliphatic heterocycles. The Morgan fingerprint density at radius 2 is 1.86 bits per heavy atom. The maximum atomic E-state index is 14.8. The van der Waals surface area contributed by atoms with Crippen LogP contribution >= 0.6 is 11.8 Å². The highest BCUT2D eigenvalue weighted by molar-refractivity contribution is 7.99. The first-order valence-corrected chi connectivity index (χ1v) is 10.8. The second-order valence-corrected chi connectivity index (χ2v) is 8.77. The first kappa shape index (κ1) is 19.7. The Balaban J connectivity index is 1.54. The van der Waals surface area contributed by atoms with Crippen molar-refractivity contribution in [2.45, 2.75) is 19.3 Å². The average Bonchev–Trinajstić information content (AvgIpc) is 3.23. The Morgan fingerprint density at radius 3 is 2.59 bits per heavy atom. The van der Waals surface area contributed by atoms with Crippen molar-refractivity contribution in [2.24, 2.45) is 4.99 Å². The Hall–Kier alpha value is -2.60. The second kappa shape index (κ2) is 8.41. The van der Waals surface area contributed by atoms with Crippen LogP contribution in [0.2, 0.25) is 0 Å². The average molecular weight is 409 g/mol. The van der Waals surface area contributed by atoms with Crippen LogP contribution < -0.4 is 0 Å². The lowest BCUT2D eigenvalue weighted by molar-refractivity contribution is 0.405. The monoisotopic (exact) mass is 408 g/mol. The lowest BCUT2D eigenvalue weighted by Crippen LogP contribution is -2.31. The van der Waals surface area contributed by atoms with Gasteiger partial charge in [0.25, 0.3) is 5.88 Å². The third-order valence-corrected chi connectivity index (χ3v) is 6.17. The molecule has 29 heavy (non-hydrogen) atoms. The van der Waals surface area contributed by atoms with E-state index in [1.54, 1.807) is 12.1 Å². The summed E-state index contributed by atoms with van der Waals surface area (Å²) in [6.07, 6.45) is 3.03. The van der Waals surface area contributed by atoms with E-state index in [-0.39, 0.29) is 5.82 Å². The van der Waals surface area contributed by atoms with Gasteiger partial charge in [0, 0.05) is 41.6 Å². The molecule has 1 saturated heterocycles. The van der Waals surface area contributed by atoms with Crippen LogP contribution in [-0.2, 0) is 5.41 Å². The zero-order valence-corrected chi connectivity index (χ0v) is 17.4. The summed E-state index contributed by atoms with van der Waals surface area (Å²) < 4.78 is 20.2. The van der Waals surface area contributed by atoms with Gasteiger partial charge in [-0.05, 0) is 17.2 Å². The van der Waals surface area contributed by atoms with Gasteiger partial charge >= 0.3 is 0 Å². The summed E-state index contributed by atoms with van der Waals surface area (Å²) in [5, 5.41) is 4.18. The van der Waals surface area contributed by atoms with Crippen molar-refractivity contribution in [3.63, 3.8) is 0 Å². The van der Waals surface area contributed by atoms with Crippen LogP contribution in [0.1, 0.15) is 25.1 Å². The molecule has 1 aliphatic rings. The van der Waals surface area contributed by atoms with E-state index in [2.05, 4.69) is 21.4 Å². The molecule has 2 aromatic carbocycles. The summed E-state index contributed by atoms with van der Waals surface area (Å²) in [5.41, 5.74) is 2.47. The molecule has 0 unspecified atom stereocenters. The maximum Gasteiger partial charge on any atom is 0.252 e. The van der Waals surface area contributed by atoms with Gasteiger partial charge in [-0.3, -0.25) is 0 Å². The number of benzene rings is 2. The molecule has 2 heterocycles. The van der Waals surface area contributed by atoms with Gasteiger partial charge in [0.15, 0.2) is 6.34 Å². The van der Waals surface area contributed by atoms with Crippen LogP contribution in [0.25, 0.3) is 11.1 Å². The minimum atomic E-state index is -0.519. The van der Waals surface area contributed by atoms with Crippen LogP contribution in [0.4, 0.5) is 10.3 Å². The summed E-state index contributed by atoms with van der Waals surface area (Å²) in [7, 11) is 0. The van der Waals surface area contributed by atoms with Crippen molar-refractivity contribution in [3.05, 3.63) is 71.7 Å². The van der Waals surface area contributed by atoms with E-state index < -0.39 is 5.41 Å². The van der Waals surface area contributed by atoms with Gasteiger partial charge in [-0.2, -0.15) is 16.8 Å². The SMILES string of the molecule is CC(C)(c1ccc(-c2ccccc2)c(F)c1)c1cc(N=[C]N2CCSCC2)on1. The molecule has 149 valence electrons. The Morgan fingerprint density at radius 1 is 1.10 bits per heavy atom. The second-order valence-electron chi connectivity index (χ2n) is 7.55. The quantitative estimate of drug-likeness (QED) is 0.419. The largest absolute Gasteiger partial charge is 0.352 e. The molecule has 4 rings (SSSR count). The fourth-order valence-electron chi connectivity index (χ4n) is 3.30. The number of thioether (sulfide) groups is 1. The maximum absolute atomic E-state index is 14.8. The summed E-state index contributed by atoms with van der Waals surface area (Å²) in [6, 6.07) is 16.7. The van der Waals surface area contributed by atoms with Crippen LogP contribution in [-0.4, -0.2) is 41.0 Å². The third-order valence-electron chi connectivity index (χ3n) is 5.23. The topological polar surface area (TPSA) is 41.6 Å². The van der Waals surface area contributed by atoms with E-state index in [1.165, 1.54) is 0 Å². The minimum absolute atomic E-state index is 0.250. The molecule has 1 aromatic heterocycles. The predicted molar refractivity (Wildman–Crippen MR) is 116 cm³/mol. The van der Waals surface area contributed by atoms with E-state index in [4.69, 9.17) is 4.52 Å². The van der Waals surface area contributed by atoms with Gasteiger partial charge in [-0.15, -0.1) is 0 Å². The lowest BCUT2D eigenvalue weighted by atomic mass is 9.81. The van der Waals surface area contributed by atoms with E-state index in [1.807, 2.05) is 68.1 Å². The Kier molecular flexibility index (Phi) is 5.72. The lowest BCUT2D eigenvalue weighted by Gasteiger charge is -2.23. The van der Waals surface area contributed by atoms with Gasteiger partial charge in [0.05, 0.1) is 5.69 Å². The van der Waals surface area contributed by atoms with E-state index in [9.17, 15) is 4.39 Å². The van der Waals surface area contributed by atoms with Crippen molar-refractivity contribution in [1.82, 2.24) is 10.1 Å². The summed E-state index contributed by atoms with van der Waals surface area (Å²) in [6.45, 7) is 5.88. The van der Waals surface area contributed by atoms with Crippen molar-refractivity contribution in [3.8, 4) is 11.1 Å². The van der Waals surface area contributed by atoms with Crippen LogP contribution in [0.3, 0.4) is 0 Å². The number of hydrogen-bond donors (Lipinski definition) is 0. The van der Waals surface area contributed by atoms with E-state index in [0.717, 1.165) is 35.7 Å². The third kappa shape index (κ3) is 4.37. The van der Waals surface area contributed by atoms with E-state index >= 15 is 0 Å². The Labute approximate surface area is 174 Å². The normalized spacial score (nSPS) is 15.2.